The second-order valence-corrected chi connectivity index (χ2v) is 7.08. The number of allylic oxidation sites excluding steroid dienone is 2. The first-order chi connectivity index (χ1) is 11.4. The van der Waals surface area contributed by atoms with Crippen LogP contribution in [0.5, 0.6) is 0 Å². The first-order valence-electron chi connectivity index (χ1n) is 10.7. The molecule has 0 aromatic rings. The molecule has 0 aliphatic rings. The Morgan fingerprint density at radius 3 is 1.22 bits per heavy atom. The lowest BCUT2D eigenvalue weighted by molar-refractivity contribution is 0.282. The first-order valence-corrected chi connectivity index (χ1v) is 10.7. The molecule has 138 valence electrons. The molecule has 0 atom stereocenters. The molecule has 0 rings (SSSR count). The molecule has 0 aromatic heterocycles. The number of aliphatic hydroxyl groups excluding tert-OH is 1. The largest absolute Gasteiger partial charge is 0.396 e. The second kappa shape index (κ2) is 21.7. The molecule has 0 saturated heterocycles. The van der Waals surface area contributed by atoms with Crippen LogP contribution in [0.3, 0.4) is 0 Å². The van der Waals surface area contributed by atoms with E-state index in [0.29, 0.717) is 6.61 Å². The molecule has 0 aromatic carbocycles. The minimum atomic E-state index is 0.371. The monoisotopic (exact) mass is 324 g/mol. The van der Waals surface area contributed by atoms with Gasteiger partial charge in [-0.05, 0) is 25.7 Å². The molecular weight excluding hydrogens is 280 g/mol. The SMILES string of the molecule is CCCC/C=C/CCCCCCCCCCCCCCCCO. The number of hydrogen-bond acceptors (Lipinski definition) is 1. The van der Waals surface area contributed by atoms with Crippen LogP contribution in [0.1, 0.15) is 122 Å². The topological polar surface area (TPSA) is 20.2 Å². The van der Waals surface area contributed by atoms with Gasteiger partial charge in [-0.1, -0.05) is 109 Å². The Hall–Kier alpha value is -0.300. The molecule has 0 aliphatic carbocycles. The van der Waals surface area contributed by atoms with Crippen LogP contribution >= 0.6 is 0 Å². The van der Waals surface area contributed by atoms with Gasteiger partial charge in [0.05, 0.1) is 0 Å². The summed E-state index contributed by atoms with van der Waals surface area (Å²) in [7, 11) is 0. The van der Waals surface area contributed by atoms with Gasteiger partial charge in [-0.15, -0.1) is 0 Å². The summed E-state index contributed by atoms with van der Waals surface area (Å²) >= 11 is 0. The van der Waals surface area contributed by atoms with Crippen molar-refractivity contribution in [2.24, 2.45) is 0 Å². The Labute approximate surface area is 147 Å². The summed E-state index contributed by atoms with van der Waals surface area (Å²) in [4.78, 5) is 0. The van der Waals surface area contributed by atoms with Gasteiger partial charge >= 0.3 is 0 Å². The van der Waals surface area contributed by atoms with Crippen molar-refractivity contribution in [3.05, 3.63) is 12.2 Å². The van der Waals surface area contributed by atoms with E-state index in [1.54, 1.807) is 0 Å². The second-order valence-electron chi connectivity index (χ2n) is 7.08. The Kier molecular flexibility index (Phi) is 21.4. The molecule has 1 N–H and O–H groups in total. The summed E-state index contributed by atoms with van der Waals surface area (Å²) in [6.45, 7) is 2.63. The lowest BCUT2D eigenvalue weighted by Gasteiger charge is -2.03. The fourth-order valence-electron chi connectivity index (χ4n) is 3.05. The summed E-state index contributed by atoms with van der Waals surface area (Å²) in [6.07, 6.45) is 29.2. The Morgan fingerprint density at radius 1 is 0.478 bits per heavy atom. The molecule has 23 heavy (non-hydrogen) atoms. The van der Waals surface area contributed by atoms with Crippen LogP contribution in [-0.2, 0) is 0 Å². The number of rotatable bonds is 19. The van der Waals surface area contributed by atoms with Gasteiger partial charge in [0, 0.05) is 6.61 Å². The number of unbranched alkanes of at least 4 members (excludes halogenated alkanes) is 16. The fourth-order valence-corrected chi connectivity index (χ4v) is 3.05. The van der Waals surface area contributed by atoms with Crippen molar-refractivity contribution in [1.29, 1.82) is 0 Å². The van der Waals surface area contributed by atoms with Crippen LogP contribution in [0.4, 0.5) is 0 Å². The minimum absolute atomic E-state index is 0.371. The predicted molar refractivity (Wildman–Crippen MR) is 105 cm³/mol. The van der Waals surface area contributed by atoms with E-state index in [2.05, 4.69) is 19.1 Å². The maximum atomic E-state index is 8.71. The molecule has 1 heteroatoms. The van der Waals surface area contributed by atoms with Gasteiger partial charge in [0.15, 0.2) is 0 Å². The van der Waals surface area contributed by atoms with Crippen LogP contribution in [0.15, 0.2) is 12.2 Å². The van der Waals surface area contributed by atoms with Gasteiger partial charge < -0.3 is 5.11 Å². The Morgan fingerprint density at radius 2 is 0.826 bits per heavy atom. The number of hydrogen-bond donors (Lipinski definition) is 1. The molecule has 0 heterocycles. The molecule has 0 bridgehead atoms. The van der Waals surface area contributed by atoms with E-state index < -0.39 is 0 Å². The molecule has 0 fully saturated rings. The van der Waals surface area contributed by atoms with Gasteiger partial charge in [0.1, 0.15) is 0 Å². The predicted octanol–water partition coefficient (Wildman–Crippen LogP) is 7.58. The maximum Gasteiger partial charge on any atom is 0.0431 e. The van der Waals surface area contributed by atoms with Gasteiger partial charge in [0.2, 0.25) is 0 Å². The molecule has 0 unspecified atom stereocenters. The van der Waals surface area contributed by atoms with E-state index in [-0.39, 0.29) is 0 Å². The Balaban J connectivity index is 2.98. The smallest absolute Gasteiger partial charge is 0.0431 e. The van der Waals surface area contributed by atoms with Gasteiger partial charge in [0.25, 0.3) is 0 Å². The third-order valence-corrected chi connectivity index (χ3v) is 4.67. The minimum Gasteiger partial charge on any atom is -0.396 e. The summed E-state index contributed by atoms with van der Waals surface area (Å²) in [5.74, 6) is 0. The summed E-state index contributed by atoms with van der Waals surface area (Å²) < 4.78 is 0. The van der Waals surface area contributed by atoms with Gasteiger partial charge in [-0.2, -0.15) is 0 Å². The van der Waals surface area contributed by atoms with E-state index in [9.17, 15) is 0 Å². The molecule has 0 saturated carbocycles. The van der Waals surface area contributed by atoms with E-state index in [4.69, 9.17) is 5.11 Å². The highest BCUT2D eigenvalue weighted by molar-refractivity contribution is 4.81. The highest BCUT2D eigenvalue weighted by Gasteiger charge is 1.94. The van der Waals surface area contributed by atoms with Crippen molar-refractivity contribution in [2.45, 2.75) is 122 Å². The fraction of sp³-hybridized carbons (Fsp3) is 0.909. The third-order valence-electron chi connectivity index (χ3n) is 4.67. The zero-order chi connectivity index (χ0) is 16.8. The average molecular weight is 325 g/mol. The summed E-state index contributed by atoms with van der Waals surface area (Å²) in [6, 6.07) is 0. The van der Waals surface area contributed by atoms with E-state index in [1.165, 1.54) is 109 Å². The van der Waals surface area contributed by atoms with Crippen molar-refractivity contribution < 1.29 is 5.11 Å². The Bertz CT molecular complexity index is 222. The highest BCUT2D eigenvalue weighted by atomic mass is 16.2. The van der Waals surface area contributed by atoms with Crippen molar-refractivity contribution >= 4 is 0 Å². The molecular formula is C22H44O. The summed E-state index contributed by atoms with van der Waals surface area (Å²) in [5, 5.41) is 8.71. The number of aliphatic hydroxyl groups is 1. The van der Waals surface area contributed by atoms with E-state index in [1.807, 2.05) is 0 Å². The quantitative estimate of drug-likeness (QED) is 0.192. The lowest BCUT2D eigenvalue weighted by Crippen LogP contribution is -1.85. The first kappa shape index (κ1) is 22.7. The zero-order valence-corrected chi connectivity index (χ0v) is 16.0. The lowest BCUT2D eigenvalue weighted by atomic mass is 10.0. The van der Waals surface area contributed by atoms with Crippen LogP contribution in [0, 0.1) is 0 Å². The van der Waals surface area contributed by atoms with Crippen LogP contribution < -0.4 is 0 Å². The normalized spacial score (nSPS) is 11.6. The van der Waals surface area contributed by atoms with Crippen molar-refractivity contribution in [3.8, 4) is 0 Å². The standard InChI is InChI=1S/C22H44O/c1-2-3-4-5-6-7-8-9-10-11-12-13-14-15-16-17-18-19-20-21-22-23/h5-6,23H,2-4,7-22H2,1H3/b6-5+. The third kappa shape index (κ3) is 21.7. The van der Waals surface area contributed by atoms with Crippen molar-refractivity contribution in [3.63, 3.8) is 0 Å². The molecule has 0 spiro atoms. The molecule has 1 nitrogen and oxygen atoms in total. The van der Waals surface area contributed by atoms with E-state index >= 15 is 0 Å². The van der Waals surface area contributed by atoms with Crippen molar-refractivity contribution in [2.75, 3.05) is 6.61 Å². The van der Waals surface area contributed by atoms with Crippen LogP contribution in [-0.4, -0.2) is 11.7 Å². The van der Waals surface area contributed by atoms with Crippen LogP contribution in [0.25, 0.3) is 0 Å². The highest BCUT2D eigenvalue weighted by Crippen LogP contribution is 2.13. The molecule has 0 aliphatic heterocycles. The summed E-state index contributed by atoms with van der Waals surface area (Å²) in [5.41, 5.74) is 0. The molecule has 0 radical (unpaired) electrons. The van der Waals surface area contributed by atoms with Crippen LogP contribution in [0.2, 0.25) is 0 Å². The average Bonchev–Trinajstić information content (AvgIpc) is 2.57. The van der Waals surface area contributed by atoms with Gasteiger partial charge in [-0.3, -0.25) is 0 Å². The van der Waals surface area contributed by atoms with Crippen molar-refractivity contribution in [1.82, 2.24) is 0 Å². The maximum absolute atomic E-state index is 8.71. The van der Waals surface area contributed by atoms with Gasteiger partial charge in [-0.25, -0.2) is 0 Å². The molecule has 0 amide bonds. The van der Waals surface area contributed by atoms with E-state index in [0.717, 1.165) is 6.42 Å². The zero-order valence-electron chi connectivity index (χ0n) is 16.0.